The number of ether oxygens (including phenoxy) is 2. The van der Waals surface area contributed by atoms with Gasteiger partial charge < -0.3 is 19.2 Å². The average molecular weight is 339 g/mol. The van der Waals surface area contributed by atoms with Crippen molar-refractivity contribution in [2.24, 2.45) is 17.8 Å². The first-order chi connectivity index (χ1) is 11.7. The summed E-state index contributed by atoms with van der Waals surface area (Å²) in [6, 6.07) is 0. The number of carbonyl (C=O) groups is 2. The molecule has 1 saturated carbocycles. The van der Waals surface area contributed by atoms with Crippen LogP contribution in [0.5, 0.6) is 0 Å². The molecule has 0 bridgehead atoms. The van der Waals surface area contributed by atoms with Crippen molar-refractivity contribution < 1.29 is 19.1 Å². The Hall–Kier alpha value is -0.940. The van der Waals surface area contributed by atoms with E-state index < -0.39 is 0 Å². The lowest BCUT2D eigenvalue weighted by atomic mass is 9.73. The monoisotopic (exact) mass is 339 g/mol. The first-order valence-corrected chi connectivity index (χ1v) is 9.63. The Kier molecular flexibility index (Phi) is 8.75. The molecule has 1 aliphatic carbocycles. The molecule has 5 heteroatoms. The number of nitrogens with zero attached hydrogens (tertiary/aromatic N) is 1. The van der Waals surface area contributed by atoms with E-state index in [9.17, 15) is 9.59 Å². The van der Waals surface area contributed by atoms with Crippen LogP contribution in [0.15, 0.2) is 0 Å². The standard InChI is InChI=1S/C19H33NO4/c1-2-23-13-14-24-12-9-19(22)20-10-7-18(8-11-20)17-5-3-16(15-21)4-6-17/h15-18H,2-14H2,1H3. The Bertz CT molecular complexity index is 372. The van der Waals surface area contributed by atoms with Gasteiger partial charge in [-0.15, -0.1) is 0 Å². The number of piperidine rings is 1. The molecule has 24 heavy (non-hydrogen) atoms. The summed E-state index contributed by atoms with van der Waals surface area (Å²) in [4.78, 5) is 25.1. The van der Waals surface area contributed by atoms with E-state index in [1.807, 2.05) is 11.8 Å². The predicted molar refractivity (Wildman–Crippen MR) is 92.7 cm³/mol. The van der Waals surface area contributed by atoms with Gasteiger partial charge in [0.2, 0.25) is 5.91 Å². The van der Waals surface area contributed by atoms with Gasteiger partial charge in [-0.3, -0.25) is 4.79 Å². The summed E-state index contributed by atoms with van der Waals surface area (Å²) >= 11 is 0. The molecule has 0 radical (unpaired) electrons. The van der Waals surface area contributed by atoms with Gasteiger partial charge in [-0.1, -0.05) is 0 Å². The van der Waals surface area contributed by atoms with E-state index in [1.165, 1.54) is 12.8 Å². The van der Waals surface area contributed by atoms with E-state index >= 15 is 0 Å². The van der Waals surface area contributed by atoms with Crippen LogP contribution in [0, 0.1) is 17.8 Å². The van der Waals surface area contributed by atoms with Crippen molar-refractivity contribution in [2.75, 3.05) is 39.5 Å². The quantitative estimate of drug-likeness (QED) is 0.479. The molecule has 0 unspecified atom stereocenters. The van der Waals surface area contributed by atoms with Gasteiger partial charge >= 0.3 is 0 Å². The highest BCUT2D eigenvalue weighted by atomic mass is 16.5. The summed E-state index contributed by atoms with van der Waals surface area (Å²) < 4.78 is 10.6. The number of aldehydes is 1. The van der Waals surface area contributed by atoms with Gasteiger partial charge in [0, 0.05) is 25.6 Å². The van der Waals surface area contributed by atoms with Crippen LogP contribution in [0.3, 0.4) is 0 Å². The number of likely N-dealkylation sites (tertiary alicyclic amines) is 1. The number of amides is 1. The number of rotatable bonds is 9. The molecule has 0 aromatic carbocycles. The zero-order valence-electron chi connectivity index (χ0n) is 15.1. The third-order valence-corrected chi connectivity index (χ3v) is 5.60. The van der Waals surface area contributed by atoms with E-state index in [2.05, 4.69) is 0 Å². The topological polar surface area (TPSA) is 55.8 Å². The number of carbonyl (C=O) groups excluding carboxylic acids is 2. The molecule has 0 aromatic heterocycles. The number of hydrogen-bond donors (Lipinski definition) is 0. The minimum absolute atomic E-state index is 0.217. The second kappa shape index (κ2) is 10.8. The summed E-state index contributed by atoms with van der Waals surface area (Å²) in [5, 5.41) is 0. The second-order valence-electron chi connectivity index (χ2n) is 7.09. The minimum atomic E-state index is 0.217. The van der Waals surface area contributed by atoms with Crippen LogP contribution in [-0.2, 0) is 19.1 Å². The zero-order chi connectivity index (χ0) is 17.2. The van der Waals surface area contributed by atoms with Gasteiger partial charge in [-0.25, -0.2) is 0 Å². The van der Waals surface area contributed by atoms with Crippen LogP contribution >= 0.6 is 0 Å². The zero-order valence-corrected chi connectivity index (χ0v) is 15.1. The maximum absolute atomic E-state index is 12.2. The minimum Gasteiger partial charge on any atom is -0.379 e. The van der Waals surface area contributed by atoms with Gasteiger partial charge in [-0.05, 0) is 57.3 Å². The van der Waals surface area contributed by atoms with Crippen LogP contribution in [-0.4, -0.2) is 56.6 Å². The van der Waals surface area contributed by atoms with Crippen LogP contribution in [0.1, 0.15) is 51.9 Å². The highest BCUT2D eigenvalue weighted by Crippen LogP contribution is 2.37. The molecule has 1 amide bonds. The normalized spacial score (nSPS) is 25.6. The molecule has 5 nitrogen and oxygen atoms in total. The lowest BCUT2D eigenvalue weighted by Crippen LogP contribution is -2.41. The first-order valence-electron chi connectivity index (χ1n) is 9.63. The van der Waals surface area contributed by atoms with Gasteiger partial charge in [0.05, 0.1) is 26.2 Å². The highest BCUT2D eigenvalue weighted by Gasteiger charge is 2.31. The van der Waals surface area contributed by atoms with E-state index in [-0.39, 0.29) is 5.91 Å². The van der Waals surface area contributed by atoms with Crippen LogP contribution in [0.25, 0.3) is 0 Å². The van der Waals surface area contributed by atoms with Crippen molar-refractivity contribution in [1.29, 1.82) is 0 Å². The molecule has 2 fully saturated rings. The maximum atomic E-state index is 12.2. The molecule has 1 aliphatic heterocycles. The van der Waals surface area contributed by atoms with Crippen molar-refractivity contribution in [3.05, 3.63) is 0 Å². The maximum Gasteiger partial charge on any atom is 0.224 e. The Morgan fingerprint density at radius 3 is 2.21 bits per heavy atom. The molecule has 1 saturated heterocycles. The van der Waals surface area contributed by atoms with Gasteiger partial charge in [0.1, 0.15) is 6.29 Å². The molecule has 138 valence electrons. The first kappa shape index (κ1) is 19.4. The molecule has 2 aliphatic rings. The largest absolute Gasteiger partial charge is 0.379 e. The summed E-state index contributed by atoms with van der Waals surface area (Å²) in [6.07, 6.45) is 8.35. The van der Waals surface area contributed by atoms with Crippen molar-refractivity contribution in [3.8, 4) is 0 Å². The summed E-state index contributed by atoms with van der Waals surface area (Å²) in [7, 11) is 0. The lowest BCUT2D eigenvalue weighted by molar-refractivity contribution is -0.134. The summed E-state index contributed by atoms with van der Waals surface area (Å²) in [6.45, 7) is 6.08. The van der Waals surface area contributed by atoms with Gasteiger partial charge in [0.25, 0.3) is 0 Å². The molecular formula is C19H33NO4. The fourth-order valence-corrected chi connectivity index (χ4v) is 4.05. The Balaban J connectivity index is 1.58. The smallest absolute Gasteiger partial charge is 0.224 e. The molecule has 0 N–H and O–H groups in total. The highest BCUT2D eigenvalue weighted by molar-refractivity contribution is 5.76. The molecule has 1 heterocycles. The summed E-state index contributed by atoms with van der Waals surface area (Å²) in [5.41, 5.74) is 0. The van der Waals surface area contributed by atoms with E-state index in [0.29, 0.717) is 38.8 Å². The number of hydrogen-bond acceptors (Lipinski definition) is 4. The van der Waals surface area contributed by atoms with Crippen LogP contribution in [0.4, 0.5) is 0 Å². The van der Waals surface area contributed by atoms with E-state index in [0.717, 1.165) is 56.9 Å². The molecular weight excluding hydrogens is 306 g/mol. The van der Waals surface area contributed by atoms with Crippen molar-refractivity contribution >= 4 is 12.2 Å². The van der Waals surface area contributed by atoms with Crippen molar-refractivity contribution in [3.63, 3.8) is 0 Å². The van der Waals surface area contributed by atoms with E-state index in [4.69, 9.17) is 9.47 Å². The molecule has 2 rings (SSSR count). The molecule has 0 spiro atoms. The Morgan fingerprint density at radius 1 is 0.958 bits per heavy atom. The van der Waals surface area contributed by atoms with Gasteiger partial charge in [0.15, 0.2) is 0 Å². The molecule has 0 aromatic rings. The summed E-state index contributed by atoms with van der Waals surface area (Å²) in [5.74, 6) is 2.02. The van der Waals surface area contributed by atoms with Crippen LogP contribution in [0.2, 0.25) is 0 Å². The Morgan fingerprint density at radius 2 is 1.58 bits per heavy atom. The van der Waals surface area contributed by atoms with Crippen molar-refractivity contribution in [1.82, 2.24) is 4.90 Å². The lowest BCUT2D eigenvalue weighted by Gasteiger charge is -2.38. The fourth-order valence-electron chi connectivity index (χ4n) is 4.05. The third-order valence-electron chi connectivity index (χ3n) is 5.60. The van der Waals surface area contributed by atoms with E-state index in [1.54, 1.807) is 0 Å². The van der Waals surface area contributed by atoms with Crippen LogP contribution < -0.4 is 0 Å². The van der Waals surface area contributed by atoms with Crippen molar-refractivity contribution in [2.45, 2.75) is 51.9 Å². The van der Waals surface area contributed by atoms with Gasteiger partial charge in [-0.2, -0.15) is 0 Å². The second-order valence-corrected chi connectivity index (χ2v) is 7.09. The fraction of sp³-hybridized carbons (Fsp3) is 0.895. The average Bonchev–Trinajstić information content (AvgIpc) is 2.64. The predicted octanol–water partition coefficient (Wildman–Crippen LogP) is 2.67. The SMILES string of the molecule is CCOCCOCCC(=O)N1CCC(C2CCC(C=O)CC2)CC1. The third kappa shape index (κ3) is 6.17. The molecule has 0 atom stereocenters. The Labute approximate surface area is 146 Å².